The number of nitrogens with zero attached hydrogens (tertiary/aromatic N) is 2. The van der Waals surface area contributed by atoms with Crippen LogP contribution in [0.1, 0.15) is 28.5 Å². The molecule has 0 bridgehead atoms. The molecule has 8 nitrogen and oxygen atoms in total. The van der Waals surface area contributed by atoms with E-state index >= 15 is 0 Å². The van der Waals surface area contributed by atoms with Gasteiger partial charge in [0.15, 0.2) is 0 Å². The highest BCUT2D eigenvalue weighted by Crippen LogP contribution is 2.26. The van der Waals surface area contributed by atoms with Crippen LogP contribution in [0.5, 0.6) is 5.75 Å². The van der Waals surface area contributed by atoms with E-state index in [2.05, 4.69) is 32.6 Å². The minimum Gasteiger partial charge on any atom is -0.497 e. The maximum absolute atomic E-state index is 12.7. The number of nitrogens with one attached hydrogen (secondary N) is 2. The summed E-state index contributed by atoms with van der Waals surface area (Å²) in [7, 11) is 1.66. The molecule has 2 aromatic carbocycles. The van der Waals surface area contributed by atoms with Gasteiger partial charge in [-0.25, -0.2) is 0 Å². The highest BCUT2D eigenvalue weighted by molar-refractivity contribution is 6.39. The molecule has 1 aliphatic heterocycles. The number of carbonyl (C=O) groups is 2. The number of rotatable bonds is 7. The maximum atomic E-state index is 12.7. The van der Waals surface area contributed by atoms with Crippen molar-refractivity contribution in [1.29, 1.82) is 0 Å². The van der Waals surface area contributed by atoms with E-state index in [1.807, 2.05) is 57.2 Å². The summed E-state index contributed by atoms with van der Waals surface area (Å²) in [6, 6.07) is 15.6. The van der Waals surface area contributed by atoms with Crippen molar-refractivity contribution < 1.29 is 18.7 Å². The third kappa shape index (κ3) is 5.88. The van der Waals surface area contributed by atoms with E-state index in [9.17, 15) is 9.59 Å². The van der Waals surface area contributed by atoms with E-state index in [4.69, 9.17) is 9.15 Å². The van der Waals surface area contributed by atoms with Gasteiger partial charge in [0.05, 0.1) is 19.4 Å². The average molecular weight is 491 g/mol. The zero-order valence-electron chi connectivity index (χ0n) is 21.3. The fourth-order valence-corrected chi connectivity index (χ4v) is 4.79. The van der Waals surface area contributed by atoms with Gasteiger partial charge in [-0.2, -0.15) is 0 Å². The summed E-state index contributed by atoms with van der Waals surface area (Å²) in [6.45, 7) is 9.38. The van der Waals surface area contributed by atoms with E-state index in [0.717, 1.165) is 60.1 Å². The third-order valence-corrected chi connectivity index (χ3v) is 6.64. The van der Waals surface area contributed by atoms with Gasteiger partial charge < -0.3 is 24.7 Å². The highest BCUT2D eigenvalue weighted by atomic mass is 16.5. The second-order valence-electron chi connectivity index (χ2n) is 9.19. The van der Waals surface area contributed by atoms with Gasteiger partial charge in [-0.1, -0.05) is 17.7 Å². The van der Waals surface area contributed by atoms with Crippen LogP contribution in [-0.4, -0.2) is 56.5 Å². The SMILES string of the molecule is COc1ccc(N2CCN(C(CNC(=O)C(=O)Nc3c(C)cc(C)cc3C)c3ccco3)CC2)cc1. The Morgan fingerprint density at radius 3 is 2.22 bits per heavy atom. The van der Waals surface area contributed by atoms with Gasteiger partial charge in [-0.05, 0) is 68.3 Å². The minimum atomic E-state index is -0.674. The molecule has 4 rings (SSSR count). The predicted molar refractivity (Wildman–Crippen MR) is 141 cm³/mol. The first-order chi connectivity index (χ1) is 17.4. The van der Waals surface area contributed by atoms with E-state index < -0.39 is 11.8 Å². The molecule has 3 aromatic rings. The van der Waals surface area contributed by atoms with Crippen molar-refractivity contribution in [3.05, 3.63) is 77.2 Å². The number of aryl methyl sites for hydroxylation is 3. The largest absolute Gasteiger partial charge is 0.497 e. The predicted octanol–water partition coefficient (Wildman–Crippen LogP) is 3.83. The molecule has 2 heterocycles. The van der Waals surface area contributed by atoms with E-state index in [1.165, 1.54) is 0 Å². The molecule has 190 valence electrons. The van der Waals surface area contributed by atoms with Crippen LogP contribution >= 0.6 is 0 Å². The van der Waals surface area contributed by atoms with Gasteiger partial charge in [0.1, 0.15) is 11.5 Å². The smallest absolute Gasteiger partial charge is 0.313 e. The fraction of sp³-hybridized carbons (Fsp3) is 0.357. The number of ether oxygens (including phenoxy) is 1. The van der Waals surface area contributed by atoms with Crippen molar-refractivity contribution in [3.63, 3.8) is 0 Å². The summed E-state index contributed by atoms with van der Waals surface area (Å²) in [6.07, 6.45) is 1.63. The topological polar surface area (TPSA) is 87.0 Å². The van der Waals surface area contributed by atoms with E-state index in [0.29, 0.717) is 5.69 Å². The summed E-state index contributed by atoms with van der Waals surface area (Å²) in [5.41, 5.74) is 4.80. The first-order valence-corrected chi connectivity index (χ1v) is 12.2. The third-order valence-electron chi connectivity index (χ3n) is 6.64. The van der Waals surface area contributed by atoms with E-state index in [-0.39, 0.29) is 12.6 Å². The highest BCUT2D eigenvalue weighted by Gasteiger charge is 2.28. The monoisotopic (exact) mass is 490 g/mol. The molecule has 36 heavy (non-hydrogen) atoms. The number of methoxy groups -OCH3 is 1. The van der Waals surface area contributed by atoms with Crippen LogP contribution in [0.4, 0.5) is 11.4 Å². The Kier molecular flexibility index (Phi) is 7.95. The molecule has 0 spiro atoms. The summed E-state index contributed by atoms with van der Waals surface area (Å²) in [4.78, 5) is 29.9. The van der Waals surface area contributed by atoms with Crippen LogP contribution in [0.25, 0.3) is 0 Å². The molecule has 2 N–H and O–H groups in total. The lowest BCUT2D eigenvalue weighted by molar-refractivity contribution is -0.136. The Hall–Kier alpha value is -3.78. The Morgan fingerprint density at radius 1 is 0.972 bits per heavy atom. The Morgan fingerprint density at radius 2 is 1.64 bits per heavy atom. The van der Waals surface area contributed by atoms with Gasteiger partial charge in [-0.15, -0.1) is 0 Å². The fourth-order valence-electron chi connectivity index (χ4n) is 4.79. The number of amides is 2. The van der Waals surface area contributed by atoms with Crippen LogP contribution in [0.15, 0.2) is 59.2 Å². The van der Waals surface area contributed by atoms with Gasteiger partial charge in [0, 0.05) is 44.1 Å². The van der Waals surface area contributed by atoms with Crippen molar-refractivity contribution in [1.82, 2.24) is 10.2 Å². The van der Waals surface area contributed by atoms with Gasteiger partial charge in [0.25, 0.3) is 0 Å². The summed E-state index contributed by atoms with van der Waals surface area (Å²) in [5.74, 6) is 0.261. The molecule has 8 heteroatoms. The molecule has 1 aliphatic rings. The van der Waals surface area contributed by atoms with Crippen LogP contribution in [0.3, 0.4) is 0 Å². The lowest BCUT2D eigenvalue weighted by Gasteiger charge is -2.39. The van der Waals surface area contributed by atoms with Crippen molar-refractivity contribution >= 4 is 23.2 Å². The van der Waals surface area contributed by atoms with Gasteiger partial charge in [0.2, 0.25) is 0 Å². The summed E-state index contributed by atoms with van der Waals surface area (Å²) in [5, 5.41) is 5.59. The zero-order chi connectivity index (χ0) is 25.7. The molecule has 1 unspecified atom stereocenters. The Balaban J connectivity index is 1.37. The molecule has 0 saturated carbocycles. The molecular formula is C28H34N4O4. The number of hydrogen-bond donors (Lipinski definition) is 2. The second-order valence-corrected chi connectivity index (χ2v) is 9.19. The molecular weight excluding hydrogens is 456 g/mol. The van der Waals surface area contributed by atoms with Gasteiger partial charge in [-0.3, -0.25) is 14.5 Å². The normalized spacial score (nSPS) is 14.8. The number of carbonyl (C=O) groups excluding carboxylic acids is 2. The number of piperazine rings is 1. The van der Waals surface area contributed by atoms with Crippen LogP contribution < -0.4 is 20.3 Å². The molecule has 0 radical (unpaired) electrons. The van der Waals surface area contributed by atoms with Gasteiger partial charge >= 0.3 is 11.8 Å². The maximum Gasteiger partial charge on any atom is 0.313 e. The lowest BCUT2D eigenvalue weighted by atomic mass is 10.1. The quantitative estimate of drug-likeness (QED) is 0.490. The molecule has 0 aliphatic carbocycles. The van der Waals surface area contributed by atoms with Crippen LogP contribution in [0.2, 0.25) is 0 Å². The molecule has 2 amide bonds. The Labute approximate surface area is 212 Å². The van der Waals surface area contributed by atoms with Crippen LogP contribution in [0, 0.1) is 20.8 Å². The van der Waals surface area contributed by atoms with Crippen LogP contribution in [-0.2, 0) is 9.59 Å². The second kappa shape index (κ2) is 11.3. The molecule has 1 fully saturated rings. The number of anilines is 2. The number of hydrogen-bond acceptors (Lipinski definition) is 6. The standard InChI is InChI=1S/C28H34N4O4/c1-19-16-20(2)26(21(3)17-19)30-28(34)27(33)29-18-24(25-6-5-15-36-25)32-13-11-31(12-14-32)22-7-9-23(35-4)10-8-22/h5-10,15-17,24H,11-14,18H2,1-4H3,(H,29,33)(H,30,34). The molecule has 1 aromatic heterocycles. The molecule has 1 saturated heterocycles. The van der Waals surface area contributed by atoms with Crippen molar-refractivity contribution in [3.8, 4) is 5.75 Å². The van der Waals surface area contributed by atoms with Crippen molar-refractivity contribution in [2.24, 2.45) is 0 Å². The zero-order valence-corrected chi connectivity index (χ0v) is 21.3. The van der Waals surface area contributed by atoms with Crippen molar-refractivity contribution in [2.45, 2.75) is 26.8 Å². The molecule has 1 atom stereocenters. The summed E-state index contributed by atoms with van der Waals surface area (Å²) < 4.78 is 11.0. The lowest BCUT2D eigenvalue weighted by Crippen LogP contribution is -2.50. The number of benzene rings is 2. The summed E-state index contributed by atoms with van der Waals surface area (Å²) >= 11 is 0. The van der Waals surface area contributed by atoms with E-state index in [1.54, 1.807) is 13.4 Å². The first-order valence-electron chi connectivity index (χ1n) is 12.2. The first kappa shape index (κ1) is 25.3. The van der Waals surface area contributed by atoms with Crippen molar-refractivity contribution in [2.75, 3.05) is 50.1 Å². The number of furan rings is 1. The minimum absolute atomic E-state index is 0.169. The average Bonchev–Trinajstić information content (AvgIpc) is 3.41. The Bertz CT molecular complexity index is 1160.